The van der Waals surface area contributed by atoms with E-state index in [1.54, 1.807) is 12.7 Å². The first-order valence-corrected chi connectivity index (χ1v) is 11.1. The number of ether oxygens (including phenoxy) is 2. The van der Waals surface area contributed by atoms with Gasteiger partial charge in [0, 0.05) is 0 Å². The lowest BCUT2D eigenvalue weighted by Gasteiger charge is -2.44. The Bertz CT molecular complexity index is 650. The van der Waals surface area contributed by atoms with Crippen LogP contribution in [0.5, 0.6) is 5.75 Å². The fourth-order valence-electron chi connectivity index (χ4n) is 6.04. The van der Waals surface area contributed by atoms with E-state index >= 15 is 0 Å². The lowest BCUT2D eigenvalue weighted by atomic mass is 9.62. The van der Waals surface area contributed by atoms with Crippen LogP contribution in [-0.4, -0.2) is 19.8 Å². The predicted octanol–water partition coefficient (Wildman–Crippen LogP) is 5.98. The molecule has 2 heteroatoms. The van der Waals surface area contributed by atoms with E-state index in [2.05, 4.69) is 37.3 Å². The van der Waals surface area contributed by atoms with Crippen molar-refractivity contribution in [2.75, 3.05) is 13.7 Å². The van der Waals surface area contributed by atoms with Crippen LogP contribution in [0.25, 0.3) is 0 Å². The van der Waals surface area contributed by atoms with Crippen molar-refractivity contribution in [3.05, 3.63) is 41.5 Å². The third-order valence-corrected chi connectivity index (χ3v) is 7.62. The van der Waals surface area contributed by atoms with Gasteiger partial charge in [-0.2, -0.15) is 0 Å². The molecular formula is C25H36O2. The zero-order valence-electron chi connectivity index (χ0n) is 17.2. The maximum Gasteiger partial charge on any atom is 0.119 e. The molecule has 2 nitrogen and oxygen atoms in total. The highest BCUT2D eigenvalue weighted by Gasteiger charge is 2.38. The van der Waals surface area contributed by atoms with Crippen LogP contribution in [0.2, 0.25) is 0 Å². The van der Waals surface area contributed by atoms with Gasteiger partial charge in [0.25, 0.3) is 0 Å². The van der Waals surface area contributed by atoms with Crippen LogP contribution in [-0.2, 0) is 17.6 Å². The molecule has 2 fully saturated rings. The van der Waals surface area contributed by atoms with Crippen LogP contribution in [0, 0.1) is 23.7 Å². The average Bonchev–Trinajstić information content (AvgIpc) is 2.72. The summed E-state index contributed by atoms with van der Waals surface area (Å²) in [7, 11) is 1.77. The largest absolute Gasteiger partial charge is 0.497 e. The number of aryl methyl sites for hydroxylation is 1. The quantitative estimate of drug-likeness (QED) is 0.595. The summed E-state index contributed by atoms with van der Waals surface area (Å²) in [4.78, 5) is 0. The van der Waals surface area contributed by atoms with Gasteiger partial charge >= 0.3 is 0 Å². The molecule has 0 amide bonds. The smallest absolute Gasteiger partial charge is 0.119 e. The lowest BCUT2D eigenvalue weighted by Crippen LogP contribution is -2.37. The Hall–Kier alpha value is -1.28. The molecule has 0 aliphatic heterocycles. The molecule has 0 bridgehead atoms. The summed E-state index contributed by atoms with van der Waals surface area (Å²) in [5, 5.41) is 0. The van der Waals surface area contributed by atoms with Crippen molar-refractivity contribution in [2.24, 2.45) is 23.7 Å². The minimum atomic E-state index is 0.510. The van der Waals surface area contributed by atoms with E-state index in [4.69, 9.17) is 9.47 Å². The third kappa shape index (κ3) is 4.42. The van der Waals surface area contributed by atoms with Crippen LogP contribution < -0.4 is 4.74 Å². The molecule has 3 unspecified atom stereocenters. The number of benzene rings is 1. The summed E-state index contributed by atoms with van der Waals surface area (Å²) in [6.45, 7) is 2.87. The highest BCUT2D eigenvalue weighted by Crippen LogP contribution is 2.47. The number of hydrogen-bond acceptors (Lipinski definition) is 2. The number of methoxy groups -OCH3 is 1. The zero-order valence-corrected chi connectivity index (χ0v) is 17.2. The summed E-state index contributed by atoms with van der Waals surface area (Å²) < 4.78 is 11.5. The van der Waals surface area contributed by atoms with Gasteiger partial charge in [0.2, 0.25) is 0 Å². The average molecular weight is 369 g/mol. The van der Waals surface area contributed by atoms with Crippen molar-refractivity contribution in [2.45, 2.75) is 70.8 Å². The van der Waals surface area contributed by atoms with E-state index in [9.17, 15) is 0 Å². The van der Waals surface area contributed by atoms with Crippen molar-refractivity contribution in [1.29, 1.82) is 0 Å². The Balaban J connectivity index is 1.31. The third-order valence-electron chi connectivity index (χ3n) is 7.62. The first-order valence-electron chi connectivity index (χ1n) is 11.1. The van der Waals surface area contributed by atoms with E-state index in [0.717, 1.165) is 36.0 Å². The molecule has 5 atom stereocenters. The molecule has 148 valence electrons. The van der Waals surface area contributed by atoms with E-state index in [0.29, 0.717) is 6.10 Å². The van der Waals surface area contributed by atoms with Crippen molar-refractivity contribution in [3.63, 3.8) is 0 Å². The first kappa shape index (κ1) is 19.1. The summed E-state index contributed by atoms with van der Waals surface area (Å²) in [6, 6.07) is 6.73. The SMILES string of the molecule is C/C=C/CO[C@@H]1CC[C@@H]2CC(C3CCc4cc(OC)ccc4C3)CCC2C1. The van der Waals surface area contributed by atoms with E-state index in [1.807, 2.05) is 0 Å². The van der Waals surface area contributed by atoms with Gasteiger partial charge in [-0.25, -0.2) is 0 Å². The number of allylic oxidation sites excluding steroid dienone is 1. The summed E-state index contributed by atoms with van der Waals surface area (Å²) >= 11 is 0. The van der Waals surface area contributed by atoms with Crippen LogP contribution in [0.1, 0.15) is 63.0 Å². The minimum absolute atomic E-state index is 0.510. The van der Waals surface area contributed by atoms with E-state index in [-0.39, 0.29) is 0 Å². The van der Waals surface area contributed by atoms with Gasteiger partial charge in [-0.3, -0.25) is 0 Å². The Morgan fingerprint density at radius 2 is 1.70 bits per heavy atom. The second-order valence-corrected chi connectivity index (χ2v) is 9.07. The standard InChI is InChI=1S/C25H36O2/c1-3-4-13-27-25-12-10-21-15-19(6-8-23(21)17-25)18-5-7-22-16-24(26-2)11-9-20(22)14-18/h3-4,9,11,16,18-19,21,23,25H,5-8,10,12-15,17H2,1-2H3/b4-3+/t18?,19?,21-,23?,25-/m1/s1. The highest BCUT2D eigenvalue weighted by molar-refractivity contribution is 5.37. The zero-order chi connectivity index (χ0) is 18.6. The van der Waals surface area contributed by atoms with Crippen molar-refractivity contribution < 1.29 is 9.47 Å². The molecular weight excluding hydrogens is 332 g/mol. The molecule has 0 heterocycles. The minimum Gasteiger partial charge on any atom is -0.497 e. The van der Waals surface area contributed by atoms with Crippen LogP contribution >= 0.6 is 0 Å². The summed E-state index contributed by atoms with van der Waals surface area (Å²) in [6.07, 6.45) is 17.0. The van der Waals surface area contributed by atoms with Gasteiger partial charge in [-0.1, -0.05) is 18.2 Å². The fourth-order valence-corrected chi connectivity index (χ4v) is 6.04. The van der Waals surface area contributed by atoms with Gasteiger partial charge in [0.1, 0.15) is 5.75 Å². The fraction of sp³-hybridized carbons (Fsp3) is 0.680. The predicted molar refractivity (Wildman–Crippen MR) is 111 cm³/mol. The molecule has 0 saturated heterocycles. The molecule has 27 heavy (non-hydrogen) atoms. The van der Waals surface area contributed by atoms with Gasteiger partial charge in [-0.15, -0.1) is 0 Å². The normalized spacial score (nSPS) is 33.5. The lowest BCUT2D eigenvalue weighted by molar-refractivity contribution is -0.0138. The maximum absolute atomic E-state index is 6.08. The molecule has 2 saturated carbocycles. The molecule has 1 aromatic rings. The second kappa shape index (κ2) is 8.82. The second-order valence-electron chi connectivity index (χ2n) is 9.07. The van der Waals surface area contributed by atoms with Crippen molar-refractivity contribution >= 4 is 0 Å². The van der Waals surface area contributed by atoms with E-state index in [1.165, 1.54) is 63.4 Å². The molecule has 4 rings (SSSR count). The molecule has 1 aromatic carbocycles. The van der Waals surface area contributed by atoms with Gasteiger partial charge in [0.15, 0.2) is 0 Å². The molecule has 0 radical (unpaired) electrons. The van der Waals surface area contributed by atoms with Crippen molar-refractivity contribution in [1.82, 2.24) is 0 Å². The van der Waals surface area contributed by atoms with Crippen molar-refractivity contribution in [3.8, 4) is 5.75 Å². The van der Waals surface area contributed by atoms with E-state index < -0.39 is 0 Å². The molecule has 0 spiro atoms. The van der Waals surface area contributed by atoms with Gasteiger partial charge in [0.05, 0.1) is 19.8 Å². The number of hydrogen-bond donors (Lipinski definition) is 0. The molecule has 0 N–H and O–H groups in total. The first-order chi connectivity index (χ1) is 13.3. The Kier molecular flexibility index (Phi) is 6.22. The number of rotatable bonds is 5. The molecule has 0 aromatic heterocycles. The Labute approximate surface area is 165 Å². The van der Waals surface area contributed by atoms with Gasteiger partial charge in [-0.05, 0) is 112 Å². The maximum atomic E-state index is 6.08. The van der Waals surface area contributed by atoms with Crippen LogP contribution in [0.4, 0.5) is 0 Å². The van der Waals surface area contributed by atoms with Crippen LogP contribution in [0.15, 0.2) is 30.4 Å². The molecule has 3 aliphatic carbocycles. The monoisotopic (exact) mass is 368 g/mol. The summed E-state index contributed by atoms with van der Waals surface area (Å²) in [5.41, 5.74) is 3.10. The topological polar surface area (TPSA) is 18.5 Å². The highest BCUT2D eigenvalue weighted by atomic mass is 16.5. The van der Waals surface area contributed by atoms with Crippen LogP contribution in [0.3, 0.4) is 0 Å². The van der Waals surface area contributed by atoms with Gasteiger partial charge < -0.3 is 9.47 Å². The Morgan fingerprint density at radius 1 is 0.926 bits per heavy atom. The Morgan fingerprint density at radius 3 is 2.52 bits per heavy atom. The number of fused-ring (bicyclic) bond motifs is 2. The molecule has 3 aliphatic rings. The summed E-state index contributed by atoms with van der Waals surface area (Å²) in [5.74, 6) is 4.74.